The molecule has 3 aromatic carbocycles. The smallest absolute Gasteiger partial charge is 0.301 e. The van der Waals surface area contributed by atoms with Crippen molar-refractivity contribution in [2.45, 2.75) is 25.6 Å². The quantitative estimate of drug-likeness (QED) is 0.618. The summed E-state index contributed by atoms with van der Waals surface area (Å²) in [6.07, 6.45) is 0. The molecule has 1 fully saturated rings. The van der Waals surface area contributed by atoms with E-state index in [4.69, 9.17) is 0 Å². The molecule has 1 saturated heterocycles. The lowest BCUT2D eigenvalue weighted by molar-refractivity contribution is -0.133. The molecule has 4 heteroatoms. The van der Waals surface area contributed by atoms with E-state index in [1.54, 1.807) is 4.90 Å². The summed E-state index contributed by atoms with van der Waals surface area (Å²) in [6, 6.07) is 28.7. The van der Waals surface area contributed by atoms with Gasteiger partial charge in [0.2, 0.25) is 0 Å². The highest BCUT2D eigenvalue weighted by molar-refractivity contribution is 6.07. The van der Waals surface area contributed by atoms with Crippen molar-refractivity contribution in [3.8, 4) is 0 Å². The zero-order valence-electron chi connectivity index (χ0n) is 15.8. The minimum Gasteiger partial charge on any atom is -0.301 e. The van der Waals surface area contributed by atoms with Gasteiger partial charge in [0.1, 0.15) is 5.54 Å². The maximum atomic E-state index is 13.5. The van der Waals surface area contributed by atoms with Crippen molar-refractivity contribution in [1.29, 1.82) is 0 Å². The molecule has 4 rings (SSSR count). The second-order valence-corrected chi connectivity index (χ2v) is 7.17. The van der Waals surface area contributed by atoms with Gasteiger partial charge in [-0.3, -0.25) is 9.69 Å². The van der Waals surface area contributed by atoms with E-state index in [9.17, 15) is 9.59 Å². The van der Waals surface area contributed by atoms with Crippen molar-refractivity contribution in [3.63, 3.8) is 0 Å². The van der Waals surface area contributed by atoms with Crippen molar-refractivity contribution >= 4 is 11.9 Å². The molecule has 0 saturated carbocycles. The van der Waals surface area contributed by atoms with Crippen molar-refractivity contribution in [1.82, 2.24) is 9.80 Å². The van der Waals surface area contributed by atoms with E-state index >= 15 is 0 Å². The van der Waals surface area contributed by atoms with Crippen LogP contribution in [-0.2, 0) is 23.4 Å². The Morgan fingerprint density at radius 1 is 0.679 bits per heavy atom. The summed E-state index contributed by atoms with van der Waals surface area (Å²) < 4.78 is 0. The molecule has 3 amide bonds. The number of rotatable bonds is 5. The average Bonchev–Trinajstić information content (AvgIpc) is 2.92. The fourth-order valence-corrected chi connectivity index (χ4v) is 3.74. The largest absolute Gasteiger partial charge is 0.328 e. The molecular formula is C24H22N2O2. The van der Waals surface area contributed by atoms with E-state index < -0.39 is 5.54 Å². The van der Waals surface area contributed by atoms with Crippen LogP contribution in [0.1, 0.15) is 23.6 Å². The number of hydrogen-bond acceptors (Lipinski definition) is 2. The van der Waals surface area contributed by atoms with Crippen LogP contribution in [-0.4, -0.2) is 21.7 Å². The van der Waals surface area contributed by atoms with Crippen LogP contribution in [0.15, 0.2) is 91.0 Å². The first kappa shape index (κ1) is 18.0. The van der Waals surface area contributed by atoms with Crippen LogP contribution in [0.5, 0.6) is 0 Å². The van der Waals surface area contributed by atoms with Gasteiger partial charge < -0.3 is 4.90 Å². The van der Waals surface area contributed by atoms with E-state index in [-0.39, 0.29) is 18.5 Å². The normalized spacial score (nSPS) is 19.3. The summed E-state index contributed by atoms with van der Waals surface area (Å²) >= 11 is 0. The van der Waals surface area contributed by atoms with Crippen LogP contribution in [0.3, 0.4) is 0 Å². The topological polar surface area (TPSA) is 40.6 Å². The van der Waals surface area contributed by atoms with Gasteiger partial charge in [0.05, 0.1) is 6.54 Å². The molecule has 0 radical (unpaired) electrons. The lowest BCUT2D eigenvalue weighted by atomic mass is 9.90. The lowest BCUT2D eigenvalue weighted by Crippen LogP contribution is -2.43. The molecule has 0 spiro atoms. The van der Waals surface area contributed by atoms with Crippen LogP contribution < -0.4 is 0 Å². The van der Waals surface area contributed by atoms with Crippen LogP contribution in [0, 0.1) is 0 Å². The van der Waals surface area contributed by atoms with Crippen LogP contribution in [0.25, 0.3) is 0 Å². The van der Waals surface area contributed by atoms with Crippen molar-refractivity contribution in [2.24, 2.45) is 0 Å². The predicted molar refractivity (Wildman–Crippen MR) is 108 cm³/mol. The Hall–Kier alpha value is -3.40. The Morgan fingerprint density at radius 3 is 1.68 bits per heavy atom. The summed E-state index contributed by atoms with van der Waals surface area (Å²) in [5.41, 5.74) is 1.71. The standard InChI is InChI=1S/C24H22N2O2/c1-24(21-15-9-4-10-16-21)22(27)25(17-19-11-5-2-6-12-19)23(28)26(24)18-20-13-7-3-8-14-20/h2-16H,17-18H2,1H3. The molecule has 140 valence electrons. The van der Waals surface area contributed by atoms with Gasteiger partial charge in [-0.15, -0.1) is 0 Å². The summed E-state index contributed by atoms with van der Waals surface area (Å²) in [6.45, 7) is 2.49. The number of imide groups is 1. The van der Waals surface area contributed by atoms with Crippen molar-refractivity contribution < 1.29 is 9.59 Å². The fraction of sp³-hybridized carbons (Fsp3) is 0.167. The third-order valence-electron chi connectivity index (χ3n) is 5.37. The molecule has 1 heterocycles. The average molecular weight is 370 g/mol. The Morgan fingerprint density at radius 2 is 1.14 bits per heavy atom. The number of urea groups is 1. The summed E-state index contributed by atoms with van der Waals surface area (Å²) in [4.78, 5) is 29.9. The molecule has 0 aromatic heterocycles. The van der Waals surface area contributed by atoms with E-state index in [1.807, 2.05) is 97.9 Å². The maximum absolute atomic E-state index is 13.5. The highest BCUT2D eigenvalue weighted by Crippen LogP contribution is 2.39. The van der Waals surface area contributed by atoms with E-state index in [1.165, 1.54) is 4.90 Å². The van der Waals surface area contributed by atoms with Crippen LogP contribution in [0.2, 0.25) is 0 Å². The van der Waals surface area contributed by atoms with Gasteiger partial charge in [0.25, 0.3) is 5.91 Å². The first-order chi connectivity index (χ1) is 13.6. The number of benzene rings is 3. The van der Waals surface area contributed by atoms with Crippen LogP contribution >= 0.6 is 0 Å². The van der Waals surface area contributed by atoms with Gasteiger partial charge in [0.15, 0.2) is 0 Å². The molecule has 0 bridgehead atoms. The fourth-order valence-electron chi connectivity index (χ4n) is 3.74. The summed E-state index contributed by atoms with van der Waals surface area (Å²) in [5.74, 6) is -0.191. The van der Waals surface area contributed by atoms with Gasteiger partial charge in [-0.25, -0.2) is 4.79 Å². The van der Waals surface area contributed by atoms with Gasteiger partial charge in [-0.2, -0.15) is 0 Å². The second kappa shape index (κ2) is 7.31. The van der Waals surface area contributed by atoms with E-state index in [0.717, 1.165) is 16.7 Å². The van der Waals surface area contributed by atoms with Gasteiger partial charge >= 0.3 is 6.03 Å². The number of carbonyl (C=O) groups is 2. The highest BCUT2D eigenvalue weighted by Gasteiger charge is 2.55. The Balaban J connectivity index is 1.74. The maximum Gasteiger partial charge on any atom is 0.328 e. The first-order valence-corrected chi connectivity index (χ1v) is 9.37. The molecule has 4 nitrogen and oxygen atoms in total. The molecule has 1 aliphatic rings. The molecular weight excluding hydrogens is 348 g/mol. The summed E-state index contributed by atoms with van der Waals surface area (Å²) in [7, 11) is 0. The SMILES string of the molecule is CC1(c2ccccc2)C(=O)N(Cc2ccccc2)C(=O)N1Cc1ccccc1. The van der Waals surface area contributed by atoms with E-state index in [2.05, 4.69) is 0 Å². The minimum atomic E-state index is -1.04. The third kappa shape index (κ3) is 3.07. The lowest BCUT2D eigenvalue weighted by Gasteiger charge is -2.32. The Bertz CT molecular complexity index is 973. The molecule has 1 unspecified atom stereocenters. The number of amides is 3. The molecule has 3 aromatic rings. The molecule has 1 atom stereocenters. The molecule has 0 N–H and O–H groups in total. The zero-order chi connectivity index (χ0) is 19.6. The van der Waals surface area contributed by atoms with Crippen molar-refractivity contribution in [3.05, 3.63) is 108 Å². The van der Waals surface area contributed by atoms with Gasteiger partial charge in [-0.1, -0.05) is 91.0 Å². The Kier molecular flexibility index (Phi) is 4.70. The van der Waals surface area contributed by atoms with Gasteiger partial charge in [-0.05, 0) is 23.6 Å². The Labute approximate surface area is 165 Å². The number of nitrogens with zero attached hydrogens (tertiary/aromatic N) is 2. The molecule has 1 aliphatic heterocycles. The summed E-state index contributed by atoms with van der Waals surface area (Å²) in [5, 5.41) is 0. The minimum absolute atomic E-state index is 0.191. The number of hydrogen-bond donors (Lipinski definition) is 0. The molecule has 0 aliphatic carbocycles. The predicted octanol–water partition coefficient (Wildman–Crippen LogP) is 4.57. The number of carbonyl (C=O) groups excluding carboxylic acids is 2. The van der Waals surface area contributed by atoms with Gasteiger partial charge in [0, 0.05) is 6.54 Å². The van der Waals surface area contributed by atoms with E-state index in [0.29, 0.717) is 6.54 Å². The first-order valence-electron chi connectivity index (χ1n) is 9.37. The molecule has 28 heavy (non-hydrogen) atoms. The highest BCUT2D eigenvalue weighted by atomic mass is 16.2. The van der Waals surface area contributed by atoms with Crippen molar-refractivity contribution in [2.75, 3.05) is 0 Å². The third-order valence-corrected chi connectivity index (χ3v) is 5.37. The zero-order valence-corrected chi connectivity index (χ0v) is 15.8. The second-order valence-electron chi connectivity index (χ2n) is 7.17. The monoisotopic (exact) mass is 370 g/mol. The van der Waals surface area contributed by atoms with Crippen LogP contribution in [0.4, 0.5) is 4.79 Å².